The number of unbranched alkanes of at least 4 members (excludes halogenated alkanes) is 2. The molecule has 0 radical (unpaired) electrons. The van der Waals surface area contributed by atoms with Crippen molar-refractivity contribution < 1.29 is 14.6 Å². The number of rotatable bonds is 10. The van der Waals surface area contributed by atoms with Gasteiger partial charge in [-0.15, -0.1) is 0 Å². The van der Waals surface area contributed by atoms with E-state index in [9.17, 15) is 4.79 Å². The van der Waals surface area contributed by atoms with Crippen LogP contribution in [0.1, 0.15) is 93.9 Å². The van der Waals surface area contributed by atoms with E-state index >= 15 is 0 Å². The van der Waals surface area contributed by atoms with Crippen LogP contribution in [0.25, 0.3) is 0 Å². The Morgan fingerprint density at radius 2 is 1.40 bits per heavy atom. The third-order valence-electron chi connectivity index (χ3n) is 5.55. The Kier molecular flexibility index (Phi) is 9.41. The van der Waals surface area contributed by atoms with Gasteiger partial charge in [-0.25, -0.2) is 4.79 Å². The van der Waals surface area contributed by atoms with Crippen LogP contribution in [0.15, 0.2) is 0 Å². The van der Waals surface area contributed by atoms with Crippen LogP contribution in [0.3, 0.4) is 0 Å². The maximum Gasteiger partial charge on any atom is 0.342 e. The van der Waals surface area contributed by atoms with E-state index in [4.69, 9.17) is 9.78 Å². The normalized spacial score (nSPS) is 13.8. The van der Waals surface area contributed by atoms with Gasteiger partial charge in [-0.1, -0.05) is 73.5 Å². The summed E-state index contributed by atoms with van der Waals surface area (Å²) >= 11 is 0. The molecule has 0 aromatic rings. The van der Waals surface area contributed by atoms with Crippen molar-refractivity contribution >= 4 is 14.0 Å². The fourth-order valence-electron chi connectivity index (χ4n) is 2.33. The fourth-order valence-corrected chi connectivity index (χ4v) is 4.31. The van der Waals surface area contributed by atoms with Crippen LogP contribution in [0.4, 0.5) is 0 Å². The summed E-state index contributed by atoms with van der Waals surface area (Å²) in [4.78, 5) is 22.4. The summed E-state index contributed by atoms with van der Waals surface area (Å²) in [7, 11) is -1.34. The molecule has 0 unspecified atom stereocenters. The van der Waals surface area contributed by atoms with Gasteiger partial charge in [0, 0.05) is 6.42 Å². The van der Waals surface area contributed by atoms with Gasteiger partial charge in [0.15, 0.2) is 0 Å². The quantitative estimate of drug-likeness (QED) is 0.177. The predicted molar refractivity (Wildman–Crippen MR) is 110 cm³/mol. The average molecular weight is 373 g/mol. The van der Waals surface area contributed by atoms with Crippen LogP contribution in [-0.2, 0) is 14.6 Å². The van der Waals surface area contributed by atoms with Gasteiger partial charge in [0.1, 0.15) is 5.60 Å². The Bertz CT molecular complexity index is 400. The van der Waals surface area contributed by atoms with Crippen LogP contribution in [0.2, 0.25) is 24.2 Å². The SMILES string of the molecule is CC(C)(C)CCCCCC(=O)OOC(C)(C)CC[Si](C)(C)C(C)(C)C. The molecule has 0 saturated carbocycles. The first kappa shape index (κ1) is 24.6. The minimum Gasteiger partial charge on any atom is -0.298 e. The minimum absolute atomic E-state index is 0.240. The van der Waals surface area contributed by atoms with Crippen LogP contribution in [0, 0.1) is 5.41 Å². The lowest BCUT2D eigenvalue weighted by Crippen LogP contribution is -2.39. The number of carbonyl (C=O) groups is 1. The summed E-state index contributed by atoms with van der Waals surface area (Å²) in [5, 5.41) is 0.368. The molecule has 0 saturated heterocycles. The minimum atomic E-state index is -1.34. The van der Waals surface area contributed by atoms with Gasteiger partial charge < -0.3 is 0 Å². The van der Waals surface area contributed by atoms with E-state index in [1.807, 2.05) is 13.8 Å². The third kappa shape index (κ3) is 11.8. The van der Waals surface area contributed by atoms with E-state index in [0.29, 0.717) is 16.9 Å². The van der Waals surface area contributed by atoms with E-state index in [1.165, 1.54) is 6.42 Å². The second-order valence-electron chi connectivity index (χ2n) is 11.1. The van der Waals surface area contributed by atoms with Crippen molar-refractivity contribution in [2.24, 2.45) is 5.41 Å². The smallest absolute Gasteiger partial charge is 0.298 e. The van der Waals surface area contributed by atoms with Crippen molar-refractivity contribution in [3.8, 4) is 0 Å². The zero-order valence-corrected chi connectivity index (χ0v) is 19.7. The monoisotopic (exact) mass is 372 g/mol. The molecular formula is C21H44O3Si. The second kappa shape index (κ2) is 9.54. The molecule has 0 atom stereocenters. The van der Waals surface area contributed by atoms with E-state index in [-0.39, 0.29) is 5.97 Å². The van der Waals surface area contributed by atoms with Crippen LogP contribution in [0.5, 0.6) is 0 Å². The molecule has 0 N–H and O–H groups in total. The highest BCUT2D eigenvalue weighted by molar-refractivity contribution is 6.80. The van der Waals surface area contributed by atoms with Gasteiger partial charge >= 0.3 is 5.97 Å². The van der Waals surface area contributed by atoms with Crippen molar-refractivity contribution in [1.29, 1.82) is 0 Å². The molecule has 0 spiro atoms. The van der Waals surface area contributed by atoms with Gasteiger partial charge in [0.05, 0.1) is 8.07 Å². The number of carbonyl (C=O) groups excluding carboxylic acids is 1. The molecule has 25 heavy (non-hydrogen) atoms. The fraction of sp³-hybridized carbons (Fsp3) is 0.952. The highest BCUT2D eigenvalue weighted by Crippen LogP contribution is 2.40. The Hall–Kier alpha value is -0.353. The number of hydrogen-bond donors (Lipinski definition) is 0. The first-order valence-corrected chi connectivity index (χ1v) is 13.2. The largest absolute Gasteiger partial charge is 0.342 e. The molecule has 150 valence electrons. The lowest BCUT2D eigenvalue weighted by atomic mass is 9.89. The van der Waals surface area contributed by atoms with Gasteiger partial charge in [-0.05, 0) is 43.6 Å². The third-order valence-corrected chi connectivity index (χ3v) is 11.1. The van der Waals surface area contributed by atoms with Crippen molar-refractivity contribution in [3.05, 3.63) is 0 Å². The first-order chi connectivity index (χ1) is 11.1. The lowest BCUT2D eigenvalue weighted by molar-refractivity contribution is -0.325. The summed E-state index contributed by atoms with van der Waals surface area (Å²) < 4.78 is 0. The average Bonchev–Trinajstić information content (AvgIpc) is 2.40. The molecule has 0 aliphatic rings. The molecular weight excluding hydrogens is 328 g/mol. The summed E-state index contributed by atoms with van der Waals surface area (Å²) in [6, 6.07) is 1.16. The van der Waals surface area contributed by atoms with Gasteiger partial charge in [0.25, 0.3) is 0 Å². The highest BCUT2D eigenvalue weighted by Gasteiger charge is 2.36. The Morgan fingerprint density at radius 3 is 1.88 bits per heavy atom. The van der Waals surface area contributed by atoms with Crippen molar-refractivity contribution in [2.45, 2.75) is 124 Å². The van der Waals surface area contributed by atoms with Gasteiger partial charge in [0.2, 0.25) is 0 Å². The standard InChI is InChI=1S/C21H44O3Si/c1-19(2,3)15-13-11-12-14-18(22)23-24-21(7,8)16-17-25(9,10)20(4,5)6/h11-17H2,1-10H3. The zero-order chi connectivity index (χ0) is 19.9. The Balaban J connectivity index is 4.06. The first-order valence-electron chi connectivity index (χ1n) is 9.94. The Labute approximate surface area is 158 Å². The topological polar surface area (TPSA) is 35.5 Å². The maximum atomic E-state index is 11.9. The van der Waals surface area contributed by atoms with Gasteiger partial charge in [-0.3, -0.25) is 4.89 Å². The molecule has 0 fully saturated rings. The summed E-state index contributed by atoms with van der Waals surface area (Å²) in [5.74, 6) is -0.240. The summed E-state index contributed by atoms with van der Waals surface area (Å²) in [6.07, 6.45) is 5.67. The maximum absolute atomic E-state index is 11.9. The predicted octanol–water partition coefficient (Wildman–Crippen LogP) is 7.14. The van der Waals surface area contributed by atoms with Crippen molar-refractivity contribution in [1.82, 2.24) is 0 Å². The molecule has 0 aliphatic carbocycles. The van der Waals surface area contributed by atoms with E-state index in [0.717, 1.165) is 31.7 Å². The van der Waals surface area contributed by atoms with Crippen molar-refractivity contribution in [3.63, 3.8) is 0 Å². The molecule has 0 heterocycles. The summed E-state index contributed by atoms with van der Waals surface area (Å²) in [6.45, 7) is 22.6. The second-order valence-corrected chi connectivity index (χ2v) is 16.8. The van der Waals surface area contributed by atoms with Gasteiger partial charge in [-0.2, -0.15) is 4.89 Å². The zero-order valence-electron chi connectivity index (χ0n) is 18.7. The van der Waals surface area contributed by atoms with Crippen molar-refractivity contribution in [2.75, 3.05) is 0 Å². The summed E-state index contributed by atoms with van der Waals surface area (Å²) in [5.41, 5.74) is -0.0464. The van der Waals surface area contributed by atoms with Crippen LogP contribution in [-0.4, -0.2) is 19.6 Å². The highest BCUT2D eigenvalue weighted by atomic mass is 28.3. The molecule has 0 aliphatic heterocycles. The van der Waals surface area contributed by atoms with E-state index in [2.05, 4.69) is 54.6 Å². The molecule has 0 amide bonds. The van der Waals surface area contributed by atoms with E-state index < -0.39 is 13.7 Å². The molecule has 0 aromatic heterocycles. The Morgan fingerprint density at radius 1 is 0.840 bits per heavy atom. The molecule has 0 rings (SSSR count). The molecule has 3 nitrogen and oxygen atoms in total. The number of hydrogen-bond acceptors (Lipinski definition) is 3. The molecule has 0 aromatic carbocycles. The molecule has 0 bridgehead atoms. The molecule has 4 heteroatoms. The van der Waals surface area contributed by atoms with Crippen LogP contribution >= 0.6 is 0 Å². The van der Waals surface area contributed by atoms with Crippen LogP contribution < -0.4 is 0 Å². The van der Waals surface area contributed by atoms with E-state index in [1.54, 1.807) is 0 Å². The lowest BCUT2D eigenvalue weighted by Gasteiger charge is -2.38.